The summed E-state index contributed by atoms with van der Waals surface area (Å²) in [7, 11) is 0. The van der Waals surface area contributed by atoms with Crippen molar-refractivity contribution in [3.8, 4) is 5.75 Å². The fourth-order valence-corrected chi connectivity index (χ4v) is 5.63. The highest BCUT2D eigenvalue weighted by molar-refractivity contribution is 5.87. The number of carbonyl (C=O) groups excluding carboxylic acids is 3. The van der Waals surface area contributed by atoms with Gasteiger partial charge in [0.05, 0.1) is 18.7 Å². The van der Waals surface area contributed by atoms with Gasteiger partial charge in [-0.05, 0) is 50.3 Å². The van der Waals surface area contributed by atoms with E-state index in [4.69, 9.17) is 14.2 Å². The van der Waals surface area contributed by atoms with E-state index < -0.39 is 46.9 Å². The van der Waals surface area contributed by atoms with Crippen LogP contribution in [-0.4, -0.2) is 71.3 Å². The second-order valence-electron chi connectivity index (χ2n) is 13.2. The summed E-state index contributed by atoms with van der Waals surface area (Å²) in [6.45, 7) is 15.5. The van der Waals surface area contributed by atoms with E-state index in [9.17, 15) is 23.2 Å². The molecule has 0 spiro atoms. The van der Waals surface area contributed by atoms with E-state index in [1.165, 1.54) is 6.07 Å². The maximum absolute atomic E-state index is 14.1. The summed E-state index contributed by atoms with van der Waals surface area (Å²) in [6.07, 6.45) is -0.711. The highest BCUT2D eigenvalue weighted by Gasteiger charge is 2.54. The number of halogens is 2. The second-order valence-corrected chi connectivity index (χ2v) is 13.2. The number of nitrogens with one attached hydrogen (secondary N) is 1. The molecule has 2 heterocycles. The lowest BCUT2D eigenvalue weighted by Crippen LogP contribution is -2.57. The van der Waals surface area contributed by atoms with Gasteiger partial charge in [-0.2, -0.15) is 0 Å². The summed E-state index contributed by atoms with van der Waals surface area (Å²) < 4.78 is 44.2. The molecule has 9 nitrogen and oxygen atoms in total. The summed E-state index contributed by atoms with van der Waals surface area (Å²) in [5.74, 6) is -2.56. The Kier molecular flexibility index (Phi) is 11.8. The van der Waals surface area contributed by atoms with Gasteiger partial charge in [-0.15, -0.1) is 0 Å². The molecule has 1 N–H and O–H groups in total. The lowest BCUT2D eigenvalue weighted by Gasteiger charge is -2.37. The van der Waals surface area contributed by atoms with Crippen LogP contribution in [0.5, 0.6) is 5.75 Å². The molecule has 0 radical (unpaired) electrons. The molecule has 2 fully saturated rings. The number of likely N-dealkylation sites (tertiary alicyclic amines) is 2. The van der Waals surface area contributed by atoms with Gasteiger partial charge in [-0.3, -0.25) is 4.79 Å². The third-order valence-corrected chi connectivity index (χ3v) is 7.59. The first-order valence-corrected chi connectivity index (χ1v) is 15.5. The van der Waals surface area contributed by atoms with Crippen LogP contribution in [0.1, 0.15) is 67.4 Å². The van der Waals surface area contributed by atoms with E-state index in [-0.39, 0.29) is 43.4 Å². The van der Waals surface area contributed by atoms with Crippen LogP contribution < -0.4 is 10.1 Å². The number of alkyl carbamates (subject to hydrolysis) is 1. The quantitative estimate of drug-likeness (QED) is 0.373. The van der Waals surface area contributed by atoms with Crippen molar-refractivity contribution in [2.24, 2.45) is 11.3 Å². The van der Waals surface area contributed by atoms with E-state index >= 15 is 0 Å². The van der Waals surface area contributed by atoms with Gasteiger partial charge < -0.3 is 29.3 Å². The van der Waals surface area contributed by atoms with Crippen molar-refractivity contribution in [3.05, 3.63) is 65.7 Å². The first-order chi connectivity index (χ1) is 21.1. The van der Waals surface area contributed by atoms with Crippen LogP contribution in [0.2, 0.25) is 0 Å². The third kappa shape index (κ3) is 9.31. The van der Waals surface area contributed by atoms with Gasteiger partial charge in [0.15, 0.2) is 11.6 Å². The fraction of sp³-hybridized carbons (Fsp3) is 0.559. The van der Waals surface area contributed by atoms with Crippen LogP contribution in [0.15, 0.2) is 48.5 Å². The molecule has 4 rings (SSSR count). The molecule has 0 aromatic heterocycles. The molecule has 2 aromatic rings. The Labute approximate surface area is 265 Å². The minimum atomic E-state index is -1.04. The predicted molar refractivity (Wildman–Crippen MR) is 167 cm³/mol. The number of hydrogen-bond donors (Lipinski definition) is 1. The van der Waals surface area contributed by atoms with Gasteiger partial charge in [-0.25, -0.2) is 18.4 Å². The van der Waals surface area contributed by atoms with Crippen LogP contribution >= 0.6 is 0 Å². The number of rotatable bonds is 7. The lowest BCUT2D eigenvalue weighted by molar-refractivity contribution is -0.137. The number of hydrogen-bond acceptors (Lipinski definition) is 6. The average Bonchev–Trinajstić information content (AvgIpc) is 3.56. The number of carbonyl (C=O) groups is 3. The Morgan fingerprint density at radius 3 is 2.22 bits per heavy atom. The highest BCUT2D eigenvalue weighted by Crippen LogP contribution is 2.38. The Morgan fingerprint density at radius 2 is 1.62 bits per heavy atom. The number of fused-ring (bicyclic) bond motifs is 1. The normalized spacial score (nSPS) is 20.0. The molecular weight excluding hydrogens is 584 g/mol. The Hall–Kier alpha value is -3.89. The van der Waals surface area contributed by atoms with Gasteiger partial charge in [0, 0.05) is 25.1 Å². The van der Waals surface area contributed by atoms with Gasteiger partial charge in [0.1, 0.15) is 24.0 Å². The first kappa shape index (κ1) is 35.6. The number of benzene rings is 2. The van der Waals surface area contributed by atoms with E-state index in [1.807, 2.05) is 65.0 Å². The molecule has 0 bridgehead atoms. The summed E-state index contributed by atoms with van der Waals surface area (Å²) >= 11 is 0. The molecule has 11 heteroatoms. The number of amides is 3. The Bertz CT molecular complexity index is 1310. The van der Waals surface area contributed by atoms with Crippen molar-refractivity contribution in [2.45, 2.75) is 92.1 Å². The molecular formula is C34H47F2N3O6. The molecule has 2 aromatic carbocycles. The van der Waals surface area contributed by atoms with E-state index in [2.05, 4.69) is 5.32 Å². The Morgan fingerprint density at radius 1 is 0.956 bits per heavy atom. The van der Waals surface area contributed by atoms with Gasteiger partial charge in [0.25, 0.3) is 0 Å². The molecule has 248 valence electrons. The van der Waals surface area contributed by atoms with Gasteiger partial charge in [-0.1, -0.05) is 65.0 Å². The lowest BCUT2D eigenvalue weighted by atomic mass is 9.85. The molecule has 0 saturated carbocycles. The molecule has 0 aliphatic carbocycles. The molecule has 3 amide bonds. The zero-order valence-electron chi connectivity index (χ0n) is 27.6. The fourth-order valence-electron chi connectivity index (χ4n) is 5.63. The predicted octanol–water partition coefficient (Wildman–Crippen LogP) is 6.55. The van der Waals surface area contributed by atoms with Crippen LogP contribution in [0, 0.1) is 23.0 Å². The van der Waals surface area contributed by atoms with Crippen molar-refractivity contribution < 1.29 is 37.4 Å². The third-order valence-electron chi connectivity index (χ3n) is 7.59. The van der Waals surface area contributed by atoms with Crippen molar-refractivity contribution >= 4 is 18.1 Å². The first-order valence-electron chi connectivity index (χ1n) is 15.5. The smallest absolute Gasteiger partial charge is 0.410 e. The van der Waals surface area contributed by atoms with E-state index in [0.29, 0.717) is 13.0 Å². The number of ether oxygens (including phenoxy) is 3. The largest absolute Gasteiger partial charge is 0.493 e. The average molecular weight is 632 g/mol. The van der Waals surface area contributed by atoms with Crippen LogP contribution in [0.25, 0.3) is 0 Å². The molecule has 2 aliphatic heterocycles. The standard InChI is InChI=1S/C32H41F2N3O6.C2H6/c1-31(2,3)27(35-29(39)43-32(4,5)6)28(38)36-15-14-25-26(36)21(19-41-22-12-13-23(33)24(34)16-22)17-37(25)30(40)42-18-20-10-8-7-9-11-20;1-2/h7-13,16,21,25-27H,14-15,17-19H2,1-6H3,(H,35,39);1-2H3/t21-,25?,26?,27?;/m1./s1. The van der Waals surface area contributed by atoms with Crippen molar-refractivity contribution in [3.63, 3.8) is 0 Å². The van der Waals surface area contributed by atoms with Gasteiger partial charge in [0.2, 0.25) is 5.91 Å². The molecule has 45 heavy (non-hydrogen) atoms. The second kappa shape index (κ2) is 14.9. The summed E-state index contributed by atoms with van der Waals surface area (Å²) in [6, 6.07) is 10.9. The zero-order chi connectivity index (χ0) is 33.5. The topological polar surface area (TPSA) is 97.4 Å². The van der Waals surface area contributed by atoms with Gasteiger partial charge >= 0.3 is 12.2 Å². The monoisotopic (exact) mass is 631 g/mol. The molecule has 4 atom stereocenters. The highest BCUT2D eigenvalue weighted by atomic mass is 19.2. The molecule has 3 unspecified atom stereocenters. The summed E-state index contributed by atoms with van der Waals surface area (Å²) in [5, 5.41) is 2.76. The minimum absolute atomic E-state index is 0.0398. The van der Waals surface area contributed by atoms with Crippen molar-refractivity contribution in [1.82, 2.24) is 15.1 Å². The SMILES string of the molecule is CC.CC(C)(C)OC(=O)NC(C(=O)N1CCC2C1[C@@H](COc1ccc(F)c(F)c1)CN2C(=O)OCc1ccccc1)C(C)(C)C. The van der Waals surface area contributed by atoms with E-state index in [0.717, 1.165) is 17.7 Å². The van der Waals surface area contributed by atoms with Crippen LogP contribution in [-0.2, 0) is 20.9 Å². The summed E-state index contributed by atoms with van der Waals surface area (Å²) in [5.41, 5.74) is -0.562. The zero-order valence-corrected chi connectivity index (χ0v) is 27.6. The van der Waals surface area contributed by atoms with Crippen molar-refractivity contribution in [2.75, 3.05) is 19.7 Å². The van der Waals surface area contributed by atoms with Crippen molar-refractivity contribution in [1.29, 1.82) is 0 Å². The van der Waals surface area contributed by atoms with Crippen LogP contribution in [0.4, 0.5) is 18.4 Å². The van der Waals surface area contributed by atoms with E-state index in [1.54, 1.807) is 30.6 Å². The maximum Gasteiger partial charge on any atom is 0.410 e. The minimum Gasteiger partial charge on any atom is -0.493 e. The Balaban J connectivity index is 0.00000271. The maximum atomic E-state index is 14.1. The summed E-state index contributed by atoms with van der Waals surface area (Å²) in [4.78, 5) is 43.5. The molecule has 2 saturated heterocycles. The number of nitrogens with zero attached hydrogens (tertiary/aromatic N) is 2. The van der Waals surface area contributed by atoms with Crippen LogP contribution in [0.3, 0.4) is 0 Å². The molecule has 2 aliphatic rings.